The molecule has 43 heavy (non-hydrogen) atoms. The van der Waals surface area contributed by atoms with E-state index < -0.39 is 6.10 Å². The predicted octanol–water partition coefficient (Wildman–Crippen LogP) is 9.58. The Bertz CT molecular complexity index is 1360. The summed E-state index contributed by atoms with van der Waals surface area (Å²) in [7, 11) is 0. The summed E-state index contributed by atoms with van der Waals surface area (Å²) in [4.78, 5) is 12.2. The largest absolute Gasteiger partial charge is 0.389 e. The topological polar surface area (TPSA) is 57.5 Å². The van der Waals surface area contributed by atoms with Gasteiger partial charge in [-0.1, -0.05) is 147 Å². The summed E-state index contributed by atoms with van der Waals surface area (Å²) in [5, 5.41) is 20.1. The second-order valence-corrected chi connectivity index (χ2v) is 13.6. The second-order valence-electron chi connectivity index (χ2n) is 13.6. The number of rotatable bonds is 10. The molecule has 0 spiro atoms. The van der Waals surface area contributed by atoms with Gasteiger partial charge in [-0.2, -0.15) is 0 Å². The summed E-state index contributed by atoms with van der Waals surface area (Å²) in [5.74, 6) is 0.171. The van der Waals surface area contributed by atoms with E-state index in [-0.39, 0.29) is 22.7 Å². The number of carbonyl (C=O) groups is 1. The van der Waals surface area contributed by atoms with Gasteiger partial charge in [0.15, 0.2) is 5.78 Å². The maximum absolute atomic E-state index is 12.2. The zero-order valence-corrected chi connectivity index (χ0v) is 28.1. The maximum atomic E-state index is 12.2. The summed E-state index contributed by atoms with van der Waals surface area (Å²) in [5.41, 5.74) is 7.29. The van der Waals surface area contributed by atoms with E-state index in [1.165, 1.54) is 16.7 Å². The highest BCUT2D eigenvalue weighted by Crippen LogP contribution is 2.42. The highest BCUT2D eigenvalue weighted by atomic mass is 16.3. The molecule has 3 unspecified atom stereocenters. The lowest BCUT2D eigenvalue weighted by Crippen LogP contribution is -2.35. The SMILES string of the molecule is CC(C=CC=C(C)C=CC1=C(C)C(=O)C(O)CC1(C)C)=CC=CC=C(C)C=CC=C(C)C=CC1C(C)=CC(O)CC1(C)C. The first kappa shape index (κ1) is 35.9. The lowest BCUT2D eigenvalue weighted by molar-refractivity contribution is -0.125. The number of Topliss-reactive ketones (excluding diaryl/α,β-unsaturated/α-hetero) is 1. The molecule has 0 aliphatic heterocycles. The lowest BCUT2D eigenvalue weighted by Gasteiger charge is -2.38. The fraction of sp³-hybridized carbons (Fsp3) is 0.425. The Morgan fingerprint density at radius 2 is 1.23 bits per heavy atom. The van der Waals surface area contributed by atoms with Crippen LogP contribution in [0, 0.1) is 16.7 Å². The fourth-order valence-electron chi connectivity index (χ4n) is 5.89. The average molecular weight is 583 g/mol. The minimum Gasteiger partial charge on any atom is -0.389 e. The van der Waals surface area contributed by atoms with Gasteiger partial charge in [-0.05, 0) is 76.4 Å². The van der Waals surface area contributed by atoms with E-state index in [0.29, 0.717) is 17.9 Å². The molecule has 3 nitrogen and oxygen atoms in total. The molecule has 3 heteroatoms. The van der Waals surface area contributed by atoms with Crippen LogP contribution in [0.4, 0.5) is 0 Å². The van der Waals surface area contributed by atoms with Crippen LogP contribution in [0.1, 0.15) is 82.1 Å². The first-order chi connectivity index (χ1) is 20.0. The summed E-state index contributed by atoms with van der Waals surface area (Å²) in [6, 6.07) is 0. The number of carbonyl (C=O) groups excluding carboxylic acids is 1. The van der Waals surface area contributed by atoms with Crippen molar-refractivity contribution in [3.8, 4) is 0 Å². The van der Waals surface area contributed by atoms with Crippen LogP contribution >= 0.6 is 0 Å². The van der Waals surface area contributed by atoms with E-state index >= 15 is 0 Å². The molecule has 232 valence electrons. The third kappa shape index (κ3) is 11.4. The number of allylic oxidation sites excluding steroid dienone is 20. The third-order valence-electron chi connectivity index (χ3n) is 8.36. The highest BCUT2D eigenvalue weighted by Gasteiger charge is 2.36. The Balaban J connectivity index is 1.92. The van der Waals surface area contributed by atoms with E-state index in [4.69, 9.17) is 0 Å². The first-order valence-electron chi connectivity index (χ1n) is 15.4. The number of aliphatic hydroxyl groups is 2. The van der Waals surface area contributed by atoms with E-state index in [9.17, 15) is 15.0 Å². The van der Waals surface area contributed by atoms with Crippen LogP contribution in [-0.4, -0.2) is 28.2 Å². The summed E-state index contributed by atoms with van der Waals surface area (Å²) < 4.78 is 0. The van der Waals surface area contributed by atoms with Crippen LogP contribution in [-0.2, 0) is 4.79 Å². The molecule has 0 aromatic rings. The van der Waals surface area contributed by atoms with Gasteiger partial charge in [-0.25, -0.2) is 0 Å². The van der Waals surface area contributed by atoms with Crippen molar-refractivity contribution < 1.29 is 15.0 Å². The summed E-state index contributed by atoms with van der Waals surface area (Å²) in [6.07, 6.45) is 31.2. The zero-order chi connectivity index (χ0) is 32.4. The lowest BCUT2D eigenvalue weighted by atomic mass is 9.67. The van der Waals surface area contributed by atoms with Gasteiger partial charge in [0.05, 0.1) is 6.10 Å². The predicted molar refractivity (Wildman–Crippen MR) is 184 cm³/mol. The molecule has 0 saturated heterocycles. The van der Waals surface area contributed by atoms with Gasteiger partial charge >= 0.3 is 0 Å². The molecule has 0 bridgehead atoms. The standard InChI is InChI=1S/C40H54O3/c1-28(17-13-19-30(3)21-23-35-32(5)25-34(41)26-39(35,7)8)15-11-12-16-29(2)18-14-20-31(4)22-24-36-33(6)38(43)37(42)27-40(36,9)10/h11-25,34-35,37,41-42H,26-27H2,1-10H3. The van der Waals surface area contributed by atoms with Crippen molar-refractivity contribution >= 4 is 5.78 Å². The summed E-state index contributed by atoms with van der Waals surface area (Å²) >= 11 is 0. The summed E-state index contributed by atoms with van der Waals surface area (Å²) in [6.45, 7) is 20.8. The molecule has 0 fully saturated rings. The van der Waals surface area contributed by atoms with Gasteiger partial charge in [0.25, 0.3) is 0 Å². The van der Waals surface area contributed by atoms with Crippen LogP contribution < -0.4 is 0 Å². The average Bonchev–Trinajstić information content (AvgIpc) is 2.88. The van der Waals surface area contributed by atoms with Crippen LogP contribution in [0.25, 0.3) is 0 Å². The van der Waals surface area contributed by atoms with E-state index in [2.05, 4.69) is 110 Å². The van der Waals surface area contributed by atoms with Crippen LogP contribution in [0.5, 0.6) is 0 Å². The molecular weight excluding hydrogens is 528 g/mol. The Labute approximate surface area is 261 Å². The molecule has 0 saturated carbocycles. The van der Waals surface area contributed by atoms with Crippen molar-refractivity contribution in [2.24, 2.45) is 16.7 Å². The molecule has 0 aromatic heterocycles. The Morgan fingerprint density at radius 1 is 0.744 bits per heavy atom. The first-order valence-corrected chi connectivity index (χ1v) is 15.4. The van der Waals surface area contributed by atoms with Crippen molar-refractivity contribution in [2.75, 3.05) is 0 Å². The van der Waals surface area contributed by atoms with E-state index in [1.807, 2.05) is 50.3 Å². The van der Waals surface area contributed by atoms with Gasteiger partial charge in [-0.3, -0.25) is 4.79 Å². The van der Waals surface area contributed by atoms with Gasteiger partial charge in [-0.15, -0.1) is 0 Å². The Hall–Kier alpha value is -3.27. The number of hydrogen-bond acceptors (Lipinski definition) is 3. The van der Waals surface area contributed by atoms with Gasteiger partial charge in [0, 0.05) is 5.92 Å². The van der Waals surface area contributed by atoms with Crippen molar-refractivity contribution in [1.29, 1.82) is 0 Å². The molecule has 2 rings (SSSR count). The Morgan fingerprint density at radius 3 is 1.77 bits per heavy atom. The minimum absolute atomic E-state index is 0.0473. The van der Waals surface area contributed by atoms with E-state index in [0.717, 1.165) is 23.1 Å². The van der Waals surface area contributed by atoms with Crippen molar-refractivity contribution in [3.05, 3.63) is 130 Å². The monoisotopic (exact) mass is 582 g/mol. The van der Waals surface area contributed by atoms with Gasteiger partial charge in [0.1, 0.15) is 6.10 Å². The minimum atomic E-state index is -0.898. The van der Waals surface area contributed by atoms with Gasteiger partial charge < -0.3 is 10.2 Å². The molecular formula is C40H54O3. The maximum Gasteiger partial charge on any atom is 0.187 e. The quantitative estimate of drug-likeness (QED) is 0.199. The van der Waals surface area contributed by atoms with Crippen molar-refractivity contribution in [3.63, 3.8) is 0 Å². The number of aliphatic hydroxyl groups excluding tert-OH is 2. The van der Waals surface area contributed by atoms with Crippen LogP contribution in [0.2, 0.25) is 0 Å². The smallest absolute Gasteiger partial charge is 0.187 e. The van der Waals surface area contributed by atoms with E-state index in [1.54, 1.807) is 0 Å². The second kappa shape index (κ2) is 16.0. The molecule has 3 atom stereocenters. The molecule has 2 aliphatic carbocycles. The normalized spacial score (nSPS) is 26.3. The zero-order valence-electron chi connectivity index (χ0n) is 28.1. The van der Waals surface area contributed by atoms with Crippen molar-refractivity contribution in [1.82, 2.24) is 0 Å². The molecule has 2 aliphatic rings. The molecule has 0 radical (unpaired) electrons. The number of ketones is 1. The van der Waals surface area contributed by atoms with Crippen LogP contribution in [0.15, 0.2) is 130 Å². The molecule has 0 aromatic carbocycles. The third-order valence-corrected chi connectivity index (χ3v) is 8.36. The number of hydrogen-bond donors (Lipinski definition) is 2. The van der Waals surface area contributed by atoms with Crippen molar-refractivity contribution in [2.45, 2.75) is 94.3 Å². The molecule has 0 heterocycles. The fourth-order valence-corrected chi connectivity index (χ4v) is 5.89. The Kier molecular flexibility index (Phi) is 13.4. The molecule has 2 N–H and O–H groups in total. The van der Waals surface area contributed by atoms with Crippen LogP contribution in [0.3, 0.4) is 0 Å². The highest BCUT2D eigenvalue weighted by molar-refractivity contribution is 6.00. The molecule has 0 amide bonds. The van der Waals surface area contributed by atoms with Gasteiger partial charge in [0.2, 0.25) is 0 Å².